The van der Waals surface area contributed by atoms with E-state index in [1.165, 1.54) is 11.3 Å². The fraction of sp³-hybridized carbons (Fsp3) is 0.375. The van der Waals surface area contributed by atoms with Gasteiger partial charge in [0.15, 0.2) is 6.61 Å². The fourth-order valence-corrected chi connectivity index (χ4v) is 1.22. The quantitative estimate of drug-likeness (QED) is 0.627. The highest BCUT2D eigenvalue weighted by Gasteiger charge is 1.95. The number of hydrogen-bond acceptors (Lipinski definition) is 3. The Balaban J connectivity index is 2.43. The lowest BCUT2D eigenvalue weighted by atomic mass is 10.6. The van der Waals surface area contributed by atoms with Gasteiger partial charge in [0, 0.05) is 5.38 Å². The van der Waals surface area contributed by atoms with E-state index in [1.54, 1.807) is 6.92 Å². The molecule has 0 N–H and O–H groups in total. The number of ether oxygens (including phenoxy) is 1. The van der Waals surface area contributed by atoms with Crippen molar-refractivity contribution in [2.75, 3.05) is 6.61 Å². The van der Waals surface area contributed by atoms with Crippen LogP contribution in [0, 0.1) is 18.8 Å². The van der Waals surface area contributed by atoms with E-state index in [2.05, 4.69) is 16.8 Å². The summed E-state index contributed by atoms with van der Waals surface area (Å²) < 4.78 is 5.20. The molecule has 0 amide bonds. The fourth-order valence-electron chi connectivity index (χ4n) is 0.569. The third-order valence-corrected chi connectivity index (χ3v) is 1.91. The van der Waals surface area contributed by atoms with Crippen LogP contribution in [-0.4, -0.2) is 11.6 Å². The Kier molecular flexibility index (Phi) is 2.94. The number of hydrogen-bond donors (Lipinski definition) is 0. The van der Waals surface area contributed by atoms with E-state index < -0.39 is 0 Å². The van der Waals surface area contributed by atoms with Crippen LogP contribution in [0.4, 0.5) is 0 Å². The number of thiazole rings is 1. The van der Waals surface area contributed by atoms with Crippen molar-refractivity contribution in [3.63, 3.8) is 0 Å². The first-order valence-electron chi connectivity index (χ1n) is 3.27. The first kappa shape index (κ1) is 8.09. The van der Waals surface area contributed by atoms with Gasteiger partial charge in [-0.15, -0.1) is 5.92 Å². The van der Waals surface area contributed by atoms with E-state index in [-0.39, 0.29) is 0 Å². The Bertz CT molecular complexity index is 282. The lowest BCUT2D eigenvalue weighted by molar-refractivity contribution is 0.367. The maximum absolute atomic E-state index is 5.20. The van der Waals surface area contributed by atoms with Crippen molar-refractivity contribution in [3.05, 3.63) is 11.1 Å². The molecule has 2 nitrogen and oxygen atoms in total. The summed E-state index contributed by atoms with van der Waals surface area (Å²) in [5.41, 5.74) is 0.995. The predicted octanol–water partition coefficient (Wildman–Crippen LogP) is 1.85. The van der Waals surface area contributed by atoms with E-state index in [1.807, 2.05) is 12.3 Å². The molecular formula is C8H9NOS. The van der Waals surface area contributed by atoms with E-state index >= 15 is 0 Å². The molecular weight excluding hydrogens is 158 g/mol. The monoisotopic (exact) mass is 167 g/mol. The molecule has 1 heterocycles. The molecule has 0 spiro atoms. The van der Waals surface area contributed by atoms with Crippen molar-refractivity contribution < 1.29 is 4.74 Å². The van der Waals surface area contributed by atoms with Crippen LogP contribution in [-0.2, 0) is 0 Å². The lowest BCUT2D eigenvalue weighted by Gasteiger charge is -1.92. The molecule has 3 heteroatoms. The Hall–Kier alpha value is -1.01. The van der Waals surface area contributed by atoms with Gasteiger partial charge in [0.05, 0.1) is 5.69 Å². The van der Waals surface area contributed by atoms with Crippen LogP contribution in [0.1, 0.15) is 12.6 Å². The topological polar surface area (TPSA) is 22.1 Å². The molecule has 0 unspecified atom stereocenters. The van der Waals surface area contributed by atoms with Gasteiger partial charge in [-0.05, 0) is 13.8 Å². The second-order valence-corrected chi connectivity index (χ2v) is 2.79. The SMILES string of the molecule is CC#CCOc1nc(C)cs1. The largest absolute Gasteiger partial charge is 0.457 e. The highest BCUT2D eigenvalue weighted by Crippen LogP contribution is 2.16. The molecule has 0 saturated carbocycles. The van der Waals surface area contributed by atoms with Crippen molar-refractivity contribution in [3.8, 4) is 17.0 Å². The van der Waals surface area contributed by atoms with Gasteiger partial charge >= 0.3 is 0 Å². The van der Waals surface area contributed by atoms with Gasteiger partial charge in [0.1, 0.15) is 0 Å². The molecule has 0 atom stereocenters. The minimum absolute atomic E-state index is 0.434. The van der Waals surface area contributed by atoms with Crippen LogP contribution in [0.25, 0.3) is 0 Å². The van der Waals surface area contributed by atoms with Gasteiger partial charge in [-0.1, -0.05) is 17.3 Å². The van der Waals surface area contributed by atoms with E-state index in [0.717, 1.165) is 5.69 Å². The van der Waals surface area contributed by atoms with Gasteiger partial charge in [-0.2, -0.15) is 0 Å². The van der Waals surface area contributed by atoms with Gasteiger partial charge < -0.3 is 4.74 Å². The lowest BCUT2D eigenvalue weighted by Crippen LogP contribution is -1.92. The molecule has 0 aromatic carbocycles. The van der Waals surface area contributed by atoms with Crippen LogP contribution >= 0.6 is 11.3 Å². The van der Waals surface area contributed by atoms with Crippen LogP contribution in [0.5, 0.6) is 5.19 Å². The molecule has 0 aliphatic carbocycles. The van der Waals surface area contributed by atoms with E-state index in [9.17, 15) is 0 Å². The molecule has 0 bridgehead atoms. The first-order chi connectivity index (χ1) is 5.33. The number of rotatable bonds is 2. The number of aryl methyl sites for hydroxylation is 1. The van der Waals surface area contributed by atoms with Gasteiger partial charge in [0.2, 0.25) is 0 Å². The highest BCUT2D eigenvalue weighted by molar-refractivity contribution is 7.11. The summed E-state index contributed by atoms with van der Waals surface area (Å²) in [7, 11) is 0. The average molecular weight is 167 g/mol. The van der Waals surface area contributed by atoms with Crippen LogP contribution in [0.15, 0.2) is 5.38 Å². The second-order valence-electron chi connectivity index (χ2n) is 1.97. The molecule has 58 valence electrons. The second kappa shape index (κ2) is 3.99. The third-order valence-electron chi connectivity index (χ3n) is 1.04. The standard InChI is InChI=1S/C8H9NOS/c1-3-4-5-10-8-9-7(2)6-11-8/h6H,5H2,1-2H3. The molecule has 1 aromatic rings. The third kappa shape index (κ3) is 2.60. The van der Waals surface area contributed by atoms with Gasteiger partial charge in [-0.3, -0.25) is 0 Å². The molecule has 1 aromatic heterocycles. The molecule has 0 aliphatic rings. The van der Waals surface area contributed by atoms with Crippen molar-refractivity contribution in [2.45, 2.75) is 13.8 Å². The minimum Gasteiger partial charge on any atom is -0.457 e. The summed E-state index contributed by atoms with van der Waals surface area (Å²) in [4.78, 5) is 4.11. The number of nitrogens with zero attached hydrogens (tertiary/aromatic N) is 1. The summed E-state index contributed by atoms with van der Waals surface area (Å²) in [6.07, 6.45) is 0. The highest BCUT2D eigenvalue weighted by atomic mass is 32.1. The van der Waals surface area contributed by atoms with Crippen molar-refractivity contribution >= 4 is 11.3 Å². The summed E-state index contributed by atoms with van der Waals surface area (Å²) in [6, 6.07) is 0. The van der Waals surface area contributed by atoms with E-state index in [0.29, 0.717) is 11.8 Å². The predicted molar refractivity (Wildman–Crippen MR) is 45.8 cm³/mol. The van der Waals surface area contributed by atoms with E-state index in [4.69, 9.17) is 4.74 Å². The van der Waals surface area contributed by atoms with Gasteiger partial charge in [-0.25, -0.2) is 4.98 Å². The van der Waals surface area contributed by atoms with Crippen molar-refractivity contribution in [1.82, 2.24) is 4.98 Å². The zero-order valence-corrected chi connectivity index (χ0v) is 7.36. The molecule has 11 heavy (non-hydrogen) atoms. The van der Waals surface area contributed by atoms with Crippen LogP contribution in [0.3, 0.4) is 0 Å². The summed E-state index contributed by atoms with van der Waals surface area (Å²) >= 11 is 1.50. The molecule has 0 saturated heterocycles. The van der Waals surface area contributed by atoms with Crippen molar-refractivity contribution in [2.24, 2.45) is 0 Å². The zero-order chi connectivity index (χ0) is 8.10. The minimum atomic E-state index is 0.434. The van der Waals surface area contributed by atoms with Crippen molar-refractivity contribution in [1.29, 1.82) is 0 Å². The molecule has 0 aliphatic heterocycles. The molecule has 1 rings (SSSR count). The Morgan fingerprint density at radius 3 is 3.09 bits per heavy atom. The molecule has 0 fully saturated rings. The summed E-state index contributed by atoms with van der Waals surface area (Å²) in [5.74, 6) is 5.55. The van der Waals surface area contributed by atoms with Crippen LogP contribution in [0.2, 0.25) is 0 Å². The molecule has 0 radical (unpaired) electrons. The van der Waals surface area contributed by atoms with Gasteiger partial charge in [0.25, 0.3) is 5.19 Å². The van der Waals surface area contributed by atoms with Crippen LogP contribution < -0.4 is 4.74 Å². The first-order valence-corrected chi connectivity index (χ1v) is 4.15. The summed E-state index contributed by atoms with van der Waals surface area (Å²) in [5, 5.41) is 2.65. The maximum atomic E-state index is 5.20. The Morgan fingerprint density at radius 2 is 2.55 bits per heavy atom. The summed E-state index contributed by atoms with van der Waals surface area (Å²) in [6.45, 7) is 4.16. The zero-order valence-electron chi connectivity index (χ0n) is 6.55. The smallest absolute Gasteiger partial charge is 0.274 e. The maximum Gasteiger partial charge on any atom is 0.274 e. The number of aromatic nitrogens is 1. The Morgan fingerprint density at radius 1 is 1.73 bits per heavy atom. The normalized spacial score (nSPS) is 8.55. The Labute approximate surface area is 70.2 Å². The average Bonchev–Trinajstić information content (AvgIpc) is 2.37.